The number of rotatable bonds is 5. The van der Waals surface area contributed by atoms with Crippen molar-refractivity contribution in [3.63, 3.8) is 0 Å². The Kier molecular flexibility index (Phi) is 6.47. The lowest BCUT2D eigenvalue weighted by atomic mass is 10.2. The van der Waals surface area contributed by atoms with Gasteiger partial charge in [0.15, 0.2) is 0 Å². The van der Waals surface area contributed by atoms with Crippen LogP contribution in [-0.2, 0) is 13.2 Å². The van der Waals surface area contributed by atoms with Crippen LogP contribution >= 0.6 is 11.6 Å². The van der Waals surface area contributed by atoms with Gasteiger partial charge in [-0.1, -0.05) is 17.7 Å². The molecule has 4 rings (SSSR count). The van der Waals surface area contributed by atoms with Crippen LogP contribution in [0.3, 0.4) is 0 Å². The van der Waals surface area contributed by atoms with Crippen molar-refractivity contribution in [3.05, 3.63) is 89.8 Å². The summed E-state index contributed by atoms with van der Waals surface area (Å²) in [7, 11) is 1.92. The van der Waals surface area contributed by atoms with E-state index in [1.165, 1.54) is 6.07 Å². The van der Waals surface area contributed by atoms with Crippen LogP contribution in [0.4, 0.5) is 29.3 Å². The summed E-state index contributed by atoms with van der Waals surface area (Å²) >= 11 is 5.61. The van der Waals surface area contributed by atoms with E-state index in [9.17, 15) is 18.0 Å². The molecule has 0 aliphatic heterocycles. The molecule has 174 valence electrons. The second-order valence-corrected chi connectivity index (χ2v) is 7.75. The highest BCUT2D eigenvalue weighted by atomic mass is 35.5. The fourth-order valence-electron chi connectivity index (χ4n) is 3.17. The zero-order valence-electron chi connectivity index (χ0n) is 17.7. The van der Waals surface area contributed by atoms with Crippen molar-refractivity contribution in [2.24, 2.45) is 7.05 Å². The van der Waals surface area contributed by atoms with E-state index in [4.69, 9.17) is 16.3 Å². The molecule has 0 spiro atoms. The van der Waals surface area contributed by atoms with Crippen LogP contribution < -0.4 is 15.4 Å². The Morgan fingerprint density at radius 1 is 1.00 bits per heavy atom. The smallest absolute Gasteiger partial charge is 0.417 e. The second-order valence-electron chi connectivity index (χ2n) is 7.34. The van der Waals surface area contributed by atoms with Crippen molar-refractivity contribution in [2.45, 2.75) is 6.18 Å². The zero-order chi connectivity index (χ0) is 24.3. The maximum Gasteiger partial charge on any atom is 0.417 e. The Morgan fingerprint density at radius 3 is 2.44 bits per heavy atom. The van der Waals surface area contributed by atoms with Gasteiger partial charge in [-0.25, -0.2) is 4.79 Å². The van der Waals surface area contributed by atoms with E-state index in [2.05, 4.69) is 15.6 Å². The maximum absolute atomic E-state index is 13.0. The third-order valence-corrected chi connectivity index (χ3v) is 5.05. The lowest BCUT2D eigenvalue weighted by molar-refractivity contribution is -0.137. The van der Waals surface area contributed by atoms with Crippen LogP contribution in [0.2, 0.25) is 5.02 Å². The van der Waals surface area contributed by atoms with Crippen LogP contribution in [0.5, 0.6) is 11.5 Å². The van der Waals surface area contributed by atoms with Crippen LogP contribution in [0.1, 0.15) is 5.56 Å². The molecule has 10 heteroatoms. The normalized spacial score (nSPS) is 11.2. The van der Waals surface area contributed by atoms with Crippen molar-refractivity contribution >= 4 is 29.0 Å². The Balaban J connectivity index is 1.44. The number of hydrogen-bond donors (Lipinski definition) is 2. The maximum atomic E-state index is 13.0. The van der Waals surface area contributed by atoms with Crippen molar-refractivity contribution < 1.29 is 22.7 Å². The molecule has 0 bridgehead atoms. The SMILES string of the molecule is Cn1ccc(-c2cc(Oc3cccc(NC(=O)Nc4ccc(Cl)c(C(F)(F)F)c4)c3)ccn2)c1. The first-order valence-electron chi connectivity index (χ1n) is 9.98. The Hall–Kier alpha value is -3.98. The minimum absolute atomic E-state index is 0.0492. The molecule has 0 aliphatic carbocycles. The van der Waals surface area contributed by atoms with Gasteiger partial charge in [0.25, 0.3) is 0 Å². The monoisotopic (exact) mass is 486 g/mol. The molecule has 6 nitrogen and oxygen atoms in total. The number of carbonyl (C=O) groups excluding carboxylic acids is 1. The highest BCUT2D eigenvalue weighted by Crippen LogP contribution is 2.36. The molecule has 0 unspecified atom stereocenters. The molecule has 0 saturated carbocycles. The van der Waals surface area contributed by atoms with Gasteiger partial charge in [-0.15, -0.1) is 0 Å². The number of nitrogens with one attached hydrogen (secondary N) is 2. The van der Waals surface area contributed by atoms with Gasteiger partial charge in [-0.05, 0) is 42.5 Å². The van der Waals surface area contributed by atoms with E-state index < -0.39 is 22.8 Å². The highest BCUT2D eigenvalue weighted by molar-refractivity contribution is 6.31. The molecule has 34 heavy (non-hydrogen) atoms. The predicted molar refractivity (Wildman–Crippen MR) is 124 cm³/mol. The number of alkyl halides is 3. The summed E-state index contributed by atoms with van der Waals surface area (Å²) in [6.45, 7) is 0. The molecule has 2 heterocycles. The van der Waals surface area contributed by atoms with Crippen molar-refractivity contribution in [1.82, 2.24) is 9.55 Å². The number of carbonyl (C=O) groups is 1. The standard InChI is InChI=1S/C24H18ClF3N4O2/c1-32-10-8-15(14-32)22-13-19(7-9-29-22)34-18-4-2-3-16(11-18)30-23(33)31-17-5-6-21(25)20(12-17)24(26,27)28/h2-14H,1H3,(H2,30,31,33). The summed E-state index contributed by atoms with van der Waals surface area (Å²) in [6, 6.07) is 14.4. The van der Waals surface area contributed by atoms with E-state index in [1.54, 1.807) is 42.6 Å². The van der Waals surface area contributed by atoms with Gasteiger partial charge in [-0.2, -0.15) is 13.2 Å². The van der Waals surface area contributed by atoms with Crippen LogP contribution in [0.15, 0.2) is 79.3 Å². The number of urea groups is 1. The molecule has 0 aliphatic rings. The fraction of sp³-hybridized carbons (Fsp3) is 0.0833. The van der Waals surface area contributed by atoms with Gasteiger partial charge < -0.3 is 19.9 Å². The van der Waals surface area contributed by atoms with Crippen LogP contribution in [0.25, 0.3) is 11.3 Å². The number of amides is 2. The largest absolute Gasteiger partial charge is 0.457 e. The van der Waals surface area contributed by atoms with Gasteiger partial charge in [0.1, 0.15) is 11.5 Å². The molecule has 0 fully saturated rings. The molecular weight excluding hydrogens is 469 g/mol. The minimum Gasteiger partial charge on any atom is -0.457 e. The molecule has 0 saturated heterocycles. The van der Waals surface area contributed by atoms with E-state index in [1.807, 2.05) is 30.1 Å². The number of benzene rings is 2. The van der Waals surface area contributed by atoms with Gasteiger partial charge in [0.2, 0.25) is 0 Å². The van der Waals surface area contributed by atoms with Crippen LogP contribution in [0, 0.1) is 0 Å². The number of aromatic nitrogens is 2. The first-order chi connectivity index (χ1) is 16.2. The quantitative estimate of drug-likeness (QED) is 0.313. The number of halogens is 4. The Bertz CT molecular complexity index is 1340. The Labute approximate surface area is 198 Å². The van der Waals surface area contributed by atoms with Gasteiger partial charge in [0.05, 0.1) is 16.3 Å². The number of aryl methyl sites for hydroxylation is 1. The predicted octanol–water partition coefficient (Wildman–Crippen LogP) is 7.20. The first kappa shape index (κ1) is 23.2. The van der Waals surface area contributed by atoms with Crippen LogP contribution in [-0.4, -0.2) is 15.6 Å². The lowest BCUT2D eigenvalue weighted by Gasteiger charge is -2.13. The lowest BCUT2D eigenvalue weighted by Crippen LogP contribution is -2.20. The summed E-state index contributed by atoms with van der Waals surface area (Å²) < 4.78 is 46.9. The average Bonchev–Trinajstić information content (AvgIpc) is 3.21. The Morgan fingerprint density at radius 2 is 1.74 bits per heavy atom. The summed E-state index contributed by atoms with van der Waals surface area (Å²) in [5.41, 5.74) is 0.989. The molecule has 2 N–H and O–H groups in total. The first-order valence-corrected chi connectivity index (χ1v) is 10.4. The van der Waals surface area contributed by atoms with E-state index >= 15 is 0 Å². The second kappa shape index (κ2) is 9.48. The molecule has 0 radical (unpaired) electrons. The van der Waals surface area contributed by atoms with Gasteiger partial charge in [-0.3, -0.25) is 4.98 Å². The van der Waals surface area contributed by atoms with E-state index in [0.29, 0.717) is 17.2 Å². The molecule has 0 atom stereocenters. The third-order valence-electron chi connectivity index (χ3n) is 4.72. The van der Waals surface area contributed by atoms with Crippen molar-refractivity contribution in [1.29, 1.82) is 0 Å². The summed E-state index contributed by atoms with van der Waals surface area (Å²) in [4.78, 5) is 16.7. The number of anilines is 2. The number of hydrogen-bond acceptors (Lipinski definition) is 3. The minimum atomic E-state index is -4.63. The van der Waals surface area contributed by atoms with Gasteiger partial charge in [0, 0.05) is 54.7 Å². The molecule has 2 aromatic heterocycles. The average molecular weight is 487 g/mol. The number of nitrogens with zero attached hydrogens (tertiary/aromatic N) is 2. The van der Waals surface area contributed by atoms with E-state index in [0.717, 1.165) is 23.4 Å². The zero-order valence-corrected chi connectivity index (χ0v) is 18.5. The van der Waals surface area contributed by atoms with E-state index in [-0.39, 0.29) is 5.69 Å². The highest BCUT2D eigenvalue weighted by Gasteiger charge is 2.33. The topological polar surface area (TPSA) is 68.2 Å². The number of pyridine rings is 1. The molecule has 2 amide bonds. The van der Waals surface area contributed by atoms with Crippen molar-refractivity contribution in [2.75, 3.05) is 10.6 Å². The third kappa shape index (κ3) is 5.68. The summed E-state index contributed by atoms with van der Waals surface area (Å²) in [6.07, 6.45) is 0.852. The number of ether oxygens (including phenoxy) is 1. The summed E-state index contributed by atoms with van der Waals surface area (Å²) in [5.74, 6) is 1.00. The molecule has 2 aromatic carbocycles. The van der Waals surface area contributed by atoms with Crippen molar-refractivity contribution in [3.8, 4) is 22.8 Å². The molecular formula is C24H18ClF3N4O2. The fourth-order valence-corrected chi connectivity index (χ4v) is 3.40. The molecule has 4 aromatic rings. The summed E-state index contributed by atoms with van der Waals surface area (Å²) in [5, 5.41) is 4.49. The van der Waals surface area contributed by atoms with Gasteiger partial charge >= 0.3 is 12.2 Å².